The highest BCUT2D eigenvalue weighted by Gasteiger charge is 2.02. The SMILES string of the molecule is COc1cc(/C=C/C(=O)CCC(C)=O)ccc1O. The number of methoxy groups -OCH3 is 1. The second-order valence-electron chi connectivity index (χ2n) is 3.93. The first-order chi connectivity index (χ1) is 8.52. The maximum Gasteiger partial charge on any atom is 0.161 e. The van der Waals surface area contributed by atoms with E-state index in [1.807, 2.05) is 0 Å². The van der Waals surface area contributed by atoms with Crippen LogP contribution in [-0.4, -0.2) is 23.8 Å². The molecular formula is C14H16O4. The molecule has 1 rings (SSSR count). The zero-order chi connectivity index (χ0) is 13.5. The van der Waals surface area contributed by atoms with E-state index in [4.69, 9.17) is 4.74 Å². The van der Waals surface area contributed by atoms with Crippen LogP contribution in [0, 0.1) is 0 Å². The van der Waals surface area contributed by atoms with Crippen LogP contribution in [-0.2, 0) is 9.59 Å². The molecule has 96 valence electrons. The molecule has 0 amide bonds. The molecule has 0 saturated heterocycles. The van der Waals surface area contributed by atoms with E-state index < -0.39 is 0 Å². The minimum atomic E-state index is -0.0998. The van der Waals surface area contributed by atoms with Crippen LogP contribution in [0.3, 0.4) is 0 Å². The van der Waals surface area contributed by atoms with Gasteiger partial charge < -0.3 is 14.6 Å². The molecule has 0 unspecified atom stereocenters. The minimum absolute atomic E-state index is 0.00283. The molecule has 0 saturated carbocycles. The fraction of sp³-hybridized carbons (Fsp3) is 0.286. The summed E-state index contributed by atoms with van der Waals surface area (Å²) in [5.41, 5.74) is 0.751. The average molecular weight is 248 g/mol. The normalized spacial score (nSPS) is 10.6. The first kappa shape index (κ1) is 14.0. The number of ketones is 2. The van der Waals surface area contributed by atoms with Crippen molar-refractivity contribution in [3.05, 3.63) is 29.8 Å². The van der Waals surface area contributed by atoms with Gasteiger partial charge in [-0.05, 0) is 30.7 Å². The van der Waals surface area contributed by atoms with E-state index in [1.165, 1.54) is 26.2 Å². The number of benzene rings is 1. The maximum absolute atomic E-state index is 11.4. The molecule has 0 radical (unpaired) electrons. The zero-order valence-electron chi connectivity index (χ0n) is 10.5. The van der Waals surface area contributed by atoms with Gasteiger partial charge in [0.2, 0.25) is 0 Å². The molecule has 0 aliphatic carbocycles. The van der Waals surface area contributed by atoms with Gasteiger partial charge in [-0.1, -0.05) is 12.1 Å². The number of phenolic OH excluding ortho intramolecular Hbond substituents is 1. The first-order valence-corrected chi connectivity index (χ1v) is 5.60. The van der Waals surface area contributed by atoms with E-state index >= 15 is 0 Å². The van der Waals surface area contributed by atoms with Crippen molar-refractivity contribution in [1.82, 2.24) is 0 Å². The third kappa shape index (κ3) is 4.41. The summed E-state index contributed by atoms with van der Waals surface area (Å²) in [4.78, 5) is 22.1. The fourth-order valence-corrected chi connectivity index (χ4v) is 1.37. The average Bonchev–Trinajstić information content (AvgIpc) is 2.35. The van der Waals surface area contributed by atoms with Crippen molar-refractivity contribution >= 4 is 17.6 Å². The molecule has 0 fully saturated rings. The lowest BCUT2D eigenvalue weighted by molar-refractivity contribution is -0.120. The van der Waals surface area contributed by atoms with Gasteiger partial charge in [0.1, 0.15) is 5.78 Å². The molecule has 4 heteroatoms. The molecule has 0 atom stereocenters. The van der Waals surface area contributed by atoms with Crippen LogP contribution in [0.4, 0.5) is 0 Å². The highest BCUT2D eigenvalue weighted by molar-refractivity contribution is 5.95. The summed E-state index contributed by atoms with van der Waals surface area (Å²) >= 11 is 0. The molecular weight excluding hydrogens is 232 g/mol. The second kappa shape index (κ2) is 6.59. The minimum Gasteiger partial charge on any atom is -0.504 e. The van der Waals surface area contributed by atoms with Crippen LogP contribution in [0.1, 0.15) is 25.3 Å². The molecule has 1 aromatic rings. The van der Waals surface area contributed by atoms with Crippen LogP contribution < -0.4 is 4.74 Å². The van der Waals surface area contributed by atoms with Gasteiger partial charge in [-0.25, -0.2) is 0 Å². The Labute approximate surface area is 106 Å². The summed E-state index contributed by atoms with van der Waals surface area (Å²) in [7, 11) is 1.46. The summed E-state index contributed by atoms with van der Waals surface area (Å²) in [6.07, 6.45) is 3.54. The number of ether oxygens (including phenoxy) is 1. The maximum atomic E-state index is 11.4. The Bertz CT molecular complexity index is 475. The van der Waals surface area contributed by atoms with Gasteiger partial charge in [0, 0.05) is 12.8 Å². The number of phenols is 1. The van der Waals surface area contributed by atoms with Crippen LogP contribution in [0.2, 0.25) is 0 Å². The number of aromatic hydroxyl groups is 1. The van der Waals surface area contributed by atoms with E-state index in [0.717, 1.165) is 5.56 Å². The highest BCUT2D eigenvalue weighted by atomic mass is 16.5. The molecule has 1 aromatic carbocycles. The summed E-state index contributed by atoms with van der Waals surface area (Å²) < 4.78 is 4.96. The first-order valence-electron chi connectivity index (χ1n) is 5.60. The van der Waals surface area contributed by atoms with Crippen LogP contribution in [0.15, 0.2) is 24.3 Å². The number of rotatable bonds is 6. The van der Waals surface area contributed by atoms with E-state index in [9.17, 15) is 14.7 Å². The van der Waals surface area contributed by atoms with Gasteiger partial charge in [-0.3, -0.25) is 4.79 Å². The molecule has 0 aromatic heterocycles. The molecule has 0 aliphatic rings. The standard InChI is InChI=1S/C14H16O4/c1-10(15)3-6-12(16)7-4-11-5-8-13(17)14(9-11)18-2/h4-5,7-9,17H,3,6H2,1-2H3/b7-4+. The van der Waals surface area contributed by atoms with Gasteiger partial charge in [-0.15, -0.1) is 0 Å². The molecule has 4 nitrogen and oxygen atoms in total. The Morgan fingerprint density at radius 3 is 2.67 bits per heavy atom. The van der Waals surface area contributed by atoms with Crippen LogP contribution >= 0.6 is 0 Å². The van der Waals surface area contributed by atoms with Crippen molar-refractivity contribution in [3.8, 4) is 11.5 Å². The van der Waals surface area contributed by atoms with Crippen LogP contribution in [0.25, 0.3) is 6.08 Å². The van der Waals surface area contributed by atoms with Crippen molar-refractivity contribution in [2.45, 2.75) is 19.8 Å². The molecule has 0 aliphatic heterocycles. The number of carbonyl (C=O) groups excluding carboxylic acids is 2. The summed E-state index contributed by atoms with van der Waals surface area (Å²) in [6.45, 7) is 1.46. The monoisotopic (exact) mass is 248 g/mol. The molecule has 0 heterocycles. The lowest BCUT2D eigenvalue weighted by atomic mass is 10.1. The van der Waals surface area contributed by atoms with Crippen molar-refractivity contribution in [1.29, 1.82) is 0 Å². The van der Waals surface area contributed by atoms with E-state index in [2.05, 4.69) is 0 Å². The lowest BCUT2D eigenvalue weighted by Crippen LogP contribution is -1.97. The Balaban J connectivity index is 2.66. The third-order valence-electron chi connectivity index (χ3n) is 2.39. The van der Waals surface area contributed by atoms with Crippen molar-refractivity contribution in [3.63, 3.8) is 0 Å². The van der Waals surface area contributed by atoms with Gasteiger partial charge in [-0.2, -0.15) is 0 Å². The van der Waals surface area contributed by atoms with Gasteiger partial charge in [0.15, 0.2) is 17.3 Å². The summed E-state index contributed by atoms with van der Waals surface area (Å²) in [5, 5.41) is 9.40. The van der Waals surface area contributed by atoms with Crippen molar-refractivity contribution in [2.24, 2.45) is 0 Å². The van der Waals surface area contributed by atoms with E-state index in [1.54, 1.807) is 18.2 Å². The Kier molecular flexibility index (Phi) is 5.11. The predicted molar refractivity (Wildman–Crippen MR) is 68.6 cm³/mol. The van der Waals surface area contributed by atoms with Crippen molar-refractivity contribution < 1.29 is 19.4 Å². The third-order valence-corrected chi connectivity index (χ3v) is 2.39. The fourth-order valence-electron chi connectivity index (χ4n) is 1.37. The van der Waals surface area contributed by atoms with Crippen LogP contribution in [0.5, 0.6) is 11.5 Å². The van der Waals surface area contributed by atoms with Gasteiger partial charge in [0.05, 0.1) is 7.11 Å². The smallest absolute Gasteiger partial charge is 0.161 e. The number of hydrogen-bond acceptors (Lipinski definition) is 4. The number of Topliss-reactive ketones (excluding diaryl/α,β-unsaturated/α-hetero) is 1. The Hall–Kier alpha value is -2.10. The van der Waals surface area contributed by atoms with Gasteiger partial charge >= 0.3 is 0 Å². The van der Waals surface area contributed by atoms with Gasteiger partial charge in [0.25, 0.3) is 0 Å². The van der Waals surface area contributed by atoms with E-state index in [-0.39, 0.29) is 30.2 Å². The number of hydrogen-bond donors (Lipinski definition) is 1. The number of carbonyl (C=O) groups is 2. The molecule has 0 bridgehead atoms. The molecule has 0 spiro atoms. The quantitative estimate of drug-likeness (QED) is 0.785. The largest absolute Gasteiger partial charge is 0.504 e. The van der Waals surface area contributed by atoms with E-state index in [0.29, 0.717) is 5.75 Å². The summed E-state index contributed by atoms with van der Waals surface area (Å²) in [5.74, 6) is 0.311. The zero-order valence-corrected chi connectivity index (χ0v) is 10.5. The predicted octanol–water partition coefficient (Wildman–Crippen LogP) is 2.35. The Morgan fingerprint density at radius 1 is 1.33 bits per heavy atom. The Morgan fingerprint density at radius 2 is 2.06 bits per heavy atom. The molecule has 18 heavy (non-hydrogen) atoms. The lowest BCUT2D eigenvalue weighted by Gasteiger charge is -2.03. The van der Waals surface area contributed by atoms with Crippen molar-refractivity contribution in [2.75, 3.05) is 7.11 Å². The number of allylic oxidation sites excluding steroid dienone is 1. The topological polar surface area (TPSA) is 63.6 Å². The second-order valence-corrected chi connectivity index (χ2v) is 3.93. The summed E-state index contributed by atoms with van der Waals surface area (Å²) in [6, 6.07) is 4.80. The highest BCUT2D eigenvalue weighted by Crippen LogP contribution is 2.26. The molecule has 1 N–H and O–H groups in total.